The summed E-state index contributed by atoms with van der Waals surface area (Å²) in [7, 11) is 1.60. The maximum absolute atomic E-state index is 12.3. The van der Waals surface area contributed by atoms with Gasteiger partial charge in [0.25, 0.3) is 5.91 Å². The van der Waals surface area contributed by atoms with Crippen molar-refractivity contribution in [2.24, 2.45) is 0 Å². The Morgan fingerprint density at radius 3 is 2.15 bits per heavy atom. The Kier molecular flexibility index (Phi) is 6.36. The number of carboxylic acid groups (broad SMARTS) is 1. The van der Waals surface area contributed by atoms with Gasteiger partial charge < -0.3 is 19.9 Å². The number of nitrogens with one attached hydrogen (secondary N) is 1. The molecule has 6 nitrogen and oxygen atoms in total. The lowest BCUT2D eigenvalue weighted by Crippen LogP contribution is -2.28. The van der Waals surface area contributed by atoms with Gasteiger partial charge in [-0.25, -0.2) is 0 Å². The zero-order chi connectivity index (χ0) is 19.2. The summed E-state index contributed by atoms with van der Waals surface area (Å²) in [5, 5.41) is 12.1. The number of hydrogen-bond donors (Lipinski definition) is 2. The van der Waals surface area contributed by atoms with Gasteiger partial charge in [-0.2, -0.15) is 0 Å². The van der Waals surface area contributed by atoms with E-state index in [2.05, 4.69) is 5.32 Å². The van der Waals surface area contributed by atoms with Crippen LogP contribution in [0.2, 0.25) is 0 Å². The van der Waals surface area contributed by atoms with Gasteiger partial charge in [0.15, 0.2) is 0 Å². The molecule has 0 heterocycles. The number of anilines is 1. The van der Waals surface area contributed by atoms with Crippen molar-refractivity contribution in [3.63, 3.8) is 0 Å². The van der Waals surface area contributed by atoms with E-state index in [0.717, 1.165) is 0 Å². The standard InChI is InChI=1S/C20H23NO5/c1-20(2,19(23)24)15-6-8-16(9-7-15)21-18(22)14-4-10-17(11-5-14)26-13-12-25-3/h4-11H,12-13H2,1-3H3,(H,21,22)(H,23,24). The third kappa shape index (κ3) is 4.83. The first kappa shape index (κ1) is 19.5. The summed E-state index contributed by atoms with van der Waals surface area (Å²) in [4.78, 5) is 23.6. The highest BCUT2D eigenvalue weighted by Crippen LogP contribution is 2.25. The molecule has 2 aromatic carbocycles. The summed E-state index contributed by atoms with van der Waals surface area (Å²) in [6, 6.07) is 13.6. The molecule has 0 saturated heterocycles. The lowest BCUT2D eigenvalue weighted by molar-refractivity contribution is -0.142. The second-order valence-electron chi connectivity index (χ2n) is 6.33. The van der Waals surface area contributed by atoms with E-state index in [1.165, 1.54) is 0 Å². The number of rotatable bonds is 8. The van der Waals surface area contributed by atoms with Gasteiger partial charge in [-0.1, -0.05) is 12.1 Å². The Morgan fingerprint density at radius 1 is 1.00 bits per heavy atom. The highest BCUT2D eigenvalue weighted by Gasteiger charge is 2.29. The van der Waals surface area contributed by atoms with Gasteiger partial charge in [0.1, 0.15) is 12.4 Å². The number of hydrogen-bond acceptors (Lipinski definition) is 4. The van der Waals surface area contributed by atoms with Crippen LogP contribution in [0.3, 0.4) is 0 Å². The molecule has 1 amide bonds. The minimum atomic E-state index is -0.985. The van der Waals surface area contributed by atoms with Crippen molar-refractivity contribution in [2.75, 3.05) is 25.6 Å². The zero-order valence-electron chi connectivity index (χ0n) is 15.1. The Hall–Kier alpha value is -2.86. The molecule has 26 heavy (non-hydrogen) atoms. The highest BCUT2D eigenvalue weighted by atomic mass is 16.5. The van der Waals surface area contributed by atoms with E-state index in [4.69, 9.17) is 9.47 Å². The molecule has 0 radical (unpaired) electrons. The van der Waals surface area contributed by atoms with Gasteiger partial charge in [0.05, 0.1) is 12.0 Å². The average molecular weight is 357 g/mol. The lowest BCUT2D eigenvalue weighted by Gasteiger charge is -2.19. The Morgan fingerprint density at radius 2 is 1.62 bits per heavy atom. The van der Waals surface area contributed by atoms with Crippen LogP contribution in [0.5, 0.6) is 5.75 Å². The normalized spacial score (nSPS) is 11.0. The van der Waals surface area contributed by atoms with Crippen LogP contribution in [-0.4, -0.2) is 37.3 Å². The third-order valence-corrected chi connectivity index (χ3v) is 4.07. The molecule has 2 rings (SSSR count). The van der Waals surface area contributed by atoms with Gasteiger partial charge >= 0.3 is 5.97 Å². The molecule has 0 aliphatic heterocycles. The van der Waals surface area contributed by atoms with Gasteiger partial charge in [-0.15, -0.1) is 0 Å². The fourth-order valence-corrected chi connectivity index (χ4v) is 2.24. The van der Waals surface area contributed by atoms with E-state index in [0.29, 0.717) is 35.8 Å². The molecule has 0 aliphatic rings. The molecular formula is C20H23NO5. The first-order valence-electron chi connectivity index (χ1n) is 8.21. The van der Waals surface area contributed by atoms with Crippen molar-refractivity contribution in [3.05, 3.63) is 59.7 Å². The SMILES string of the molecule is COCCOc1ccc(C(=O)Nc2ccc(C(C)(C)C(=O)O)cc2)cc1. The van der Waals surface area contributed by atoms with E-state index in [1.54, 1.807) is 69.5 Å². The van der Waals surface area contributed by atoms with Crippen molar-refractivity contribution < 1.29 is 24.2 Å². The highest BCUT2D eigenvalue weighted by molar-refractivity contribution is 6.04. The number of carboxylic acids is 1. The van der Waals surface area contributed by atoms with Crippen LogP contribution in [0.15, 0.2) is 48.5 Å². The van der Waals surface area contributed by atoms with Crippen molar-refractivity contribution in [1.29, 1.82) is 0 Å². The van der Waals surface area contributed by atoms with Crippen LogP contribution in [0.1, 0.15) is 29.8 Å². The van der Waals surface area contributed by atoms with Crippen molar-refractivity contribution in [1.82, 2.24) is 0 Å². The van der Waals surface area contributed by atoms with E-state index in [1.807, 2.05) is 0 Å². The van der Waals surface area contributed by atoms with Crippen LogP contribution < -0.4 is 10.1 Å². The van der Waals surface area contributed by atoms with Crippen LogP contribution in [-0.2, 0) is 14.9 Å². The molecule has 0 spiro atoms. The largest absolute Gasteiger partial charge is 0.491 e. The molecule has 2 N–H and O–H groups in total. The zero-order valence-corrected chi connectivity index (χ0v) is 15.1. The van der Waals surface area contributed by atoms with Gasteiger partial charge in [-0.05, 0) is 55.8 Å². The second-order valence-corrected chi connectivity index (χ2v) is 6.33. The monoisotopic (exact) mass is 357 g/mol. The predicted octanol–water partition coefficient (Wildman–Crippen LogP) is 3.33. The van der Waals surface area contributed by atoms with Crippen LogP contribution >= 0.6 is 0 Å². The first-order valence-corrected chi connectivity index (χ1v) is 8.21. The van der Waals surface area contributed by atoms with Gasteiger partial charge in [0, 0.05) is 18.4 Å². The number of carbonyl (C=O) groups excluding carboxylic acids is 1. The molecule has 0 aliphatic carbocycles. The smallest absolute Gasteiger partial charge is 0.313 e. The minimum absolute atomic E-state index is 0.251. The number of aliphatic carboxylic acids is 1. The van der Waals surface area contributed by atoms with Gasteiger partial charge in [0.2, 0.25) is 0 Å². The second kappa shape index (κ2) is 8.49. The lowest BCUT2D eigenvalue weighted by atomic mass is 9.85. The fraction of sp³-hybridized carbons (Fsp3) is 0.300. The third-order valence-electron chi connectivity index (χ3n) is 4.07. The molecule has 0 unspecified atom stereocenters. The van der Waals surface area contributed by atoms with Crippen LogP contribution in [0, 0.1) is 0 Å². The van der Waals surface area contributed by atoms with E-state index in [9.17, 15) is 14.7 Å². The van der Waals surface area contributed by atoms with Crippen molar-refractivity contribution in [3.8, 4) is 5.75 Å². The Labute approximate surface area is 152 Å². The molecular weight excluding hydrogens is 334 g/mol. The summed E-state index contributed by atoms with van der Waals surface area (Å²) in [6.45, 7) is 4.22. The topological polar surface area (TPSA) is 84.9 Å². The summed E-state index contributed by atoms with van der Waals surface area (Å²) in [5.74, 6) is -0.486. The summed E-state index contributed by atoms with van der Waals surface area (Å²) in [6.07, 6.45) is 0. The predicted molar refractivity (Wildman–Crippen MR) is 98.9 cm³/mol. The molecule has 0 saturated carbocycles. The van der Waals surface area contributed by atoms with E-state index < -0.39 is 11.4 Å². The van der Waals surface area contributed by atoms with Crippen LogP contribution in [0.4, 0.5) is 5.69 Å². The van der Waals surface area contributed by atoms with Crippen molar-refractivity contribution >= 4 is 17.6 Å². The Bertz CT molecular complexity index is 751. The molecule has 6 heteroatoms. The molecule has 138 valence electrons. The average Bonchev–Trinajstić information content (AvgIpc) is 2.63. The first-order chi connectivity index (χ1) is 12.3. The number of amides is 1. The van der Waals surface area contributed by atoms with E-state index in [-0.39, 0.29) is 5.91 Å². The van der Waals surface area contributed by atoms with Crippen molar-refractivity contribution in [2.45, 2.75) is 19.3 Å². The fourth-order valence-electron chi connectivity index (χ4n) is 2.24. The molecule has 0 fully saturated rings. The number of ether oxygens (including phenoxy) is 2. The number of benzene rings is 2. The Balaban J connectivity index is 2.00. The molecule has 0 aromatic heterocycles. The summed E-state index contributed by atoms with van der Waals surface area (Å²) in [5.41, 5.74) is 0.779. The van der Waals surface area contributed by atoms with E-state index >= 15 is 0 Å². The maximum Gasteiger partial charge on any atom is 0.313 e. The molecule has 2 aromatic rings. The summed E-state index contributed by atoms with van der Waals surface area (Å²) >= 11 is 0. The minimum Gasteiger partial charge on any atom is -0.491 e. The summed E-state index contributed by atoms with van der Waals surface area (Å²) < 4.78 is 10.4. The number of carbonyl (C=O) groups is 2. The maximum atomic E-state index is 12.3. The van der Waals surface area contributed by atoms with Gasteiger partial charge in [-0.3, -0.25) is 9.59 Å². The van der Waals surface area contributed by atoms with Crippen LogP contribution in [0.25, 0.3) is 0 Å². The molecule has 0 atom stereocenters. The number of methoxy groups -OCH3 is 1. The molecule has 0 bridgehead atoms. The quantitative estimate of drug-likeness (QED) is 0.708.